The Balaban J connectivity index is 1.97. The minimum Gasteiger partial charge on any atom is -0.398 e. The lowest BCUT2D eigenvalue weighted by atomic mass is 9.78. The van der Waals surface area contributed by atoms with Crippen molar-refractivity contribution < 1.29 is 0 Å². The first-order valence-corrected chi connectivity index (χ1v) is 6.48. The molecule has 1 aliphatic rings. The molecule has 0 saturated heterocycles. The van der Waals surface area contributed by atoms with Crippen molar-refractivity contribution in [3.05, 3.63) is 24.0 Å². The van der Waals surface area contributed by atoms with Gasteiger partial charge in [0.2, 0.25) is 0 Å². The highest BCUT2D eigenvalue weighted by molar-refractivity contribution is 5.44. The molecule has 1 saturated carbocycles. The third-order valence-electron chi connectivity index (χ3n) is 3.92. The minimum atomic E-state index is 0.824. The highest BCUT2D eigenvalue weighted by Gasteiger charge is 2.21. The highest BCUT2D eigenvalue weighted by Crippen LogP contribution is 2.33. The molecule has 0 bridgehead atoms. The van der Waals surface area contributed by atoms with E-state index in [1.54, 1.807) is 6.20 Å². The fraction of sp³-hybridized carbons (Fsp3) is 0.643. The molecule has 1 fully saturated rings. The lowest BCUT2D eigenvalue weighted by Crippen LogP contribution is -2.17. The molecule has 0 radical (unpaired) electrons. The van der Waals surface area contributed by atoms with Crippen LogP contribution in [0.15, 0.2) is 18.5 Å². The second kappa shape index (κ2) is 5.33. The van der Waals surface area contributed by atoms with Crippen LogP contribution >= 0.6 is 0 Å². The summed E-state index contributed by atoms with van der Waals surface area (Å²) in [6, 6.07) is 1.91. The average molecular weight is 218 g/mol. The standard InChI is InChI=1S/C14H22N2/c1-2-11-4-3-5-12(8-11)9-13-10-16-7-6-14(13)15/h6-7,10-12H,2-5,8-9H2,1H3,(H2,15,16). The van der Waals surface area contributed by atoms with Crippen molar-refractivity contribution in [1.82, 2.24) is 4.98 Å². The maximum atomic E-state index is 5.96. The predicted molar refractivity (Wildman–Crippen MR) is 68.1 cm³/mol. The zero-order valence-corrected chi connectivity index (χ0v) is 10.2. The summed E-state index contributed by atoms with van der Waals surface area (Å²) in [6.07, 6.45) is 11.7. The highest BCUT2D eigenvalue weighted by atomic mass is 14.7. The maximum absolute atomic E-state index is 5.96. The molecule has 2 heteroatoms. The van der Waals surface area contributed by atoms with Gasteiger partial charge in [-0.05, 0) is 36.3 Å². The monoisotopic (exact) mass is 218 g/mol. The molecule has 2 unspecified atom stereocenters. The quantitative estimate of drug-likeness (QED) is 0.844. The van der Waals surface area contributed by atoms with Gasteiger partial charge in [0.25, 0.3) is 0 Å². The van der Waals surface area contributed by atoms with E-state index in [4.69, 9.17) is 5.73 Å². The van der Waals surface area contributed by atoms with Gasteiger partial charge in [0.05, 0.1) is 0 Å². The Kier molecular flexibility index (Phi) is 3.81. The molecular weight excluding hydrogens is 196 g/mol. The molecule has 0 amide bonds. The normalized spacial score (nSPS) is 25.6. The molecule has 16 heavy (non-hydrogen) atoms. The van der Waals surface area contributed by atoms with Crippen LogP contribution in [0.2, 0.25) is 0 Å². The summed E-state index contributed by atoms with van der Waals surface area (Å²) in [6.45, 7) is 2.31. The summed E-state index contributed by atoms with van der Waals surface area (Å²) in [5.41, 5.74) is 8.12. The van der Waals surface area contributed by atoms with Crippen molar-refractivity contribution in [2.45, 2.75) is 45.4 Å². The molecule has 88 valence electrons. The third kappa shape index (κ3) is 2.75. The van der Waals surface area contributed by atoms with Gasteiger partial charge in [-0.3, -0.25) is 4.98 Å². The van der Waals surface area contributed by atoms with Crippen molar-refractivity contribution in [3.63, 3.8) is 0 Å². The van der Waals surface area contributed by atoms with Crippen LogP contribution in [0.5, 0.6) is 0 Å². The Hall–Kier alpha value is -1.05. The van der Waals surface area contributed by atoms with Crippen LogP contribution in [0, 0.1) is 11.8 Å². The van der Waals surface area contributed by atoms with E-state index in [1.165, 1.54) is 37.7 Å². The summed E-state index contributed by atoms with van der Waals surface area (Å²) < 4.78 is 0. The number of hydrogen-bond acceptors (Lipinski definition) is 2. The van der Waals surface area contributed by atoms with Crippen molar-refractivity contribution in [2.24, 2.45) is 11.8 Å². The number of rotatable bonds is 3. The lowest BCUT2D eigenvalue weighted by Gasteiger charge is -2.28. The van der Waals surface area contributed by atoms with Crippen LogP contribution in [0.4, 0.5) is 5.69 Å². The number of pyridine rings is 1. The molecule has 0 spiro atoms. The van der Waals surface area contributed by atoms with Gasteiger partial charge in [-0.1, -0.05) is 32.6 Å². The van der Waals surface area contributed by atoms with Crippen LogP contribution in [0.1, 0.15) is 44.6 Å². The second-order valence-electron chi connectivity index (χ2n) is 5.09. The Morgan fingerprint density at radius 2 is 2.19 bits per heavy atom. The van der Waals surface area contributed by atoms with Crippen molar-refractivity contribution in [3.8, 4) is 0 Å². The second-order valence-corrected chi connectivity index (χ2v) is 5.09. The van der Waals surface area contributed by atoms with E-state index in [2.05, 4.69) is 11.9 Å². The Morgan fingerprint density at radius 3 is 2.94 bits per heavy atom. The van der Waals surface area contributed by atoms with Crippen LogP contribution in [-0.2, 0) is 6.42 Å². The average Bonchev–Trinajstić information content (AvgIpc) is 2.32. The van der Waals surface area contributed by atoms with E-state index >= 15 is 0 Å². The number of aromatic nitrogens is 1. The number of hydrogen-bond donors (Lipinski definition) is 1. The van der Waals surface area contributed by atoms with Gasteiger partial charge < -0.3 is 5.73 Å². The van der Waals surface area contributed by atoms with E-state index < -0.39 is 0 Å². The van der Waals surface area contributed by atoms with Crippen molar-refractivity contribution in [1.29, 1.82) is 0 Å². The molecule has 2 rings (SSSR count). The fourth-order valence-electron chi connectivity index (χ4n) is 2.88. The molecule has 2 nitrogen and oxygen atoms in total. The van der Waals surface area contributed by atoms with Gasteiger partial charge in [-0.25, -0.2) is 0 Å². The summed E-state index contributed by atoms with van der Waals surface area (Å²) in [5.74, 6) is 1.77. The first-order valence-electron chi connectivity index (χ1n) is 6.48. The number of anilines is 1. The lowest BCUT2D eigenvalue weighted by molar-refractivity contribution is 0.259. The van der Waals surface area contributed by atoms with Crippen LogP contribution in [-0.4, -0.2) is 4.98 Å². The maximum Gasteiger partial charge on any atom is 0.0377 e. The van der Waals surface area contributed by atoms with Crippen molar-refractivity contribution in [2.75, 3.05) is 5.73 Å². The summed E-state index contributed by atoms with van der Waals surface area (Å²) >= 11 is 0. The van der Waals surface area contributed by atoms with E-state index in [-0.39, 0.29) is 0 Å². The fourth-order valence-corrected chi connectivity index (χ4v) is 2.88. The zero-order chi connectivity index (χ0) is 11.4. The van der Waals surface area contributed by atoms with E-state index in [9.17, 15) is 0 Å². The topological polar surface area (TPSA) is 38.9 Å². The van der Waals surface area contributed by atoms with Gasteiger partial charge in [0.1, 0.15) is 0 Å². The predicted octanol–water partition coefficient (Wildman–Crippen LogP) is 3.42. The number of nitrogen functional groups attached to an aromatic ring is 1. The van der Waals surface area contributed by atoms with Gasteiger partial charge in [0.15, 0.2) is 0 Å². The molecular formula is C14H22N2. The molecule has 2 N–H and O–H groups in total. The summed E-state index contributed by atoms with van der Waals surface area (Å²) in [4.78, 5) is 4.17. The first-order chi connectivity index (χ1) is 7.79. The van der Waals surface area contributed by atoms with Gasteiger partial charge in [0, 0.05) is 18.1 Å². The van der Waals surface area contributed by atoms with Gasteiger partial charge in [-0.15, -0.1) is 0 Å². The van der Waals surface area contributed by atoms with E-state index in [0.29, 0.717) is 0 Å². The van der Waals surface area contributed by atoms with E-state index in [0.717, 1.165) is 23.9 Å². The van der Waals surface area contributed by atoms with Crippen LogP contribution in [0.3, 0.4) is 0 Å². The molecule has 0 aliphatic heterocycles. The SMILES string of the molecule is CCC1CCCC(Cc2cnccc2N)C1. The largest absolute Gasteiger partial charge is 0.398 e. The van der Waals surface area contributed by atoms with Crippen molar-refractivity contribution >= 4 is 5.69 Å². The molecule has 1 aliphatic carbocycles. The molecule has 0 aromatic carbocycles. The zero-order valence-electron chi connectivity index (χ0n) is 10.2. The smallest absolute Gasteiger partial charge is 0.0377 e. The van der Waals surface area contributed by atoms with Crippen LogP contribution < -0.4 is 5.73 Å². The minimum absolute atomic E-state index is 0.824. The first kappa shape index (κ1) is 11.4. The number of nitrogens with two attached hydrogens (primary N) is 1. The number of nitrogens with zero attached hydrogens (tertiary/aromatic N) is 1. The summed E-state index contributed by atoms with van der Waals surface area (Å²) in [5, 5.41) is 0. The molecule has 1 aromatic rings. The summed E-state index contributed by atoms with van der Waals surface area (Å²) in [7, 11) is 0. The van der Waals surface area contributed by atoms with E-state index in [1.807, 2.05) is 12.3 Å². The van der Waals surface area contributed by atoms with Gasteiger partial charge >= 0.3 is 0 Å². The molecule has 1 heterocycles. The Bertz CT molecular complexity index is 335. The third-order valence-corrected chi connectivity index (χ3v) is 3.92. The Morgan fingerprint density at radius 1 is 1.38 bits per heavy atom. The van der Waals surface area contributed by atoms with Gasteiger partial charge in [-0.2, -0.15) is 0 Å². The Labute approximate surface area is 98.3 Å². The molecule has 2 atom stereocenters. The molecule has 1 aromatic heterocycles. The van der Waals surface area contributed by atoms with Crippen LogP contribution in [0.25, 0.3) is 0 Å².